The van der Waals surface area contributed by atoms with Crippen LogP contribution in [0, 0.1) is 0 Å². The van der Waals surface area contributed by atoms with Crippen LogP contribution in [-0.2, 0) is 16.6 Å². The van der Waals surface area contributed by atoms with Crippen LogP contribution in [0.15, 0.2) is 52.5 Å². The van der Waals surface area contributed by atoms with Crippen molar-refractivity contribution in [3.63, 3.8) is 0 Å². The van der Waals surface area contributed by atoms with E-state index in [4.69, 9.17) is 4.42 Å². The molecule has 0 unspecified atom stereocenters. The van der Waals surface area contributed by atoms with E-state index in [2.05, 4.69) is 4.98 Å². The molecule has 2 aromatic heterocycles. The number of benzene rings is 1. The summed E-state index contributed by atoms with van der Waals surface area (Å²) in [5.41, 5.74) is 1.50. The minimum Gasteiger partial charge on any atom is -0.443 e. The lowest BCUT2D eigenvalue weighted by Crippen LogP contribution is -2.29. The van der Waals surface area contributed by atoms with Crippen molar-refractivity contribution in [1.82, 2.24) is 4.98 Å². The van der Waals surface area contributed by atoms with E-state index in [-0.39, 0.29) is 12.3 Å². The van der Waals surface area contributed by atoms with Crippen LogP contribution >= 0.6 is 11.3 Å². The molecule has 2 heterocycles. The Morgan fingerprint density at radius 2 is 1.96 bits per heavy atom. The number of oxazole rings is 1. The summed E-state index contributed by atoms with van der Waals surface area (Å²) < 4.78 is 31.1. The van der Waals surface area contributed by atoms with Gasteiger partial charge in [-0.15, -0.1) is 11.3 Å². The summed E-state index contributed by atoms with van der Waals surface area (Å²) in [6.07, 6.45) is 2.59. The Kier molecular flexibility index (Phi) is 4.73. The number of carbonyl (C=O) groups excluding carboxylic acids is 1. The molecule has 0 aliphatic heterocycles. The average Bonchev–Trinajstić information content (AvgIpc) is 3.23. The van der Waals surface area contributed by atoms with E-state index in [0.717, 1.165) is 11.1 Å². The minimum atomic E-state index is -3.52. The first kappa shape index (κ1) is 17.4. The first-order chi connectivity index (χ1) is 11.8. The Morgan fingerprint density at radius 3 is 2.52 bits per heavy atom. The van der Waals surface area contributed by atoms with Crippen LogP contribution in [0.5, 0.6) is 0 Å². The van der Waals surface area contributed by atoms with E-state index in [1.54, 1.807) is 24.3 Å². The molecule has 0 atom stereocenters. The Balaban J connectivity index is 1.88. The summed E-state index contributed by atoms with van der Waals surface area (Å²) in [7, 11) is -3.52. The Labute approximate surface area is 149 Å². The van der Waals surface area contributed by atoms with Crippen molar-refractivity contribution < 1.29 is 17.6 Å². The fourth-order valence-corrected chi connectivity index (χ4v) is 3.83. The molecule has 0 radical (unpaired) electrons. The summed E-state index contributed by atoms with van der Waals surface area (Å²) in [4.78, 5) is 16.6. The monoisotopic (exact) mass is 376 g/mol. The molecule has 0 saturated carbocycles. The van der Waals surface area contributed by atoms with Crippen molar-refractivity contribution >= 4 is 32.8 Å². The van der Waals surface area contributed by atoms with Crippen LogP contribution in [0.2, 0.25) is 0 Å². The van der Waals surface area contributed by atoms with E-state index >= 15 is 0 Å². The molecule has 0 aliphatic rings. The van der Waals surface area contributed by atoms with Crippen molar-refractivity contribution in [2.45, 2.75) is 13.5 Å². The number of carbonyl (C=O) groups is 1. The van der Waals surface area contributed by atoms with Crippen LogP contribution in [-0.4, -0.2) is 25.4 Å². The molecular weight excluding hydrogens is 360 g/mol. The van der Waals surface area contributed by atoms with Crippen molar-refractivity contribution in [3.8, 4) is 10.8 Å². The standard InChI is InChI=1S/C17H16N2O4S2/c1-12(20)13-5-7-15(8-6-13)19(25(2,21)22)10-14-11-23-17(18-14)16-4-3-9-24-16/h3-9,11H,10H2,1-2H3. The van der Waals surface area contributed by atoms with Crippen molar-refractivity contribution in [2.24, 2.45) is 0 Å². The number of anilines is 1. The molecule has 0 fully saturated rings. The summed E-state index contributed by atoms with van der Waals surface area (Å²) in [6.45, 7) is 1.51. The number of Topliss-reactive ketones (excluding diaryl/α,β-unsaturated/α-hetero) is 1. The van der Waals surface area contributed by atoms with E-state index < -0.39 is 10.0 Å². The van der Waals surface area contributed by atoms with E-state index in [9.17, 15) is 13.2 Å². The Morgan fingerprint density at radius 1 is 1.24 bits per heavy atom. The zero-order valence-electron chi connectivity index (χ0n) is 13.7. The number of aromatic nitrogens is 1. The van der Waals surface area contributed by atoms with Gasteiger partial charge in [-0.1, -0.05) is 6.07 Å². The maximum Gasteiger partial charge on any atom is 0.236 e. The third-order valence-corrected chi connectivity index (χ3v) is 5.55. The highest BCUT2D eigenvalue weighted by Gasteiger charge is 2.20. The number of ketones is 1. The number of hydrogen-bond acceptors (Lipinski definition) is 6. The molecule has 0 N–H and O–H groups in total. The van der Waals surface area contributed by atoms with Crippen LogP contribution in [0.1, 0.15) is 23.0 Å². The number of thiophene rings is 1. The number of hydrogen-bond donors (Lipinski definition) is 0. The maximum atomic E-state index is 12.2. The lowest BCUT2D eigenvalue weighted by Gasteiger charge is -2.21. The Hall–Kier alpha value is -2.45. The van der Waals surface area contributed by atoms with Crippen molar-refractivity contribution in [2.75, 3.05) is 10.6 Å². The molecule has 6 nitrogen and oxygen atoms in total. The minimum absolute atomic E-state index is 0.0487. The molecule has 130 valence electrons. The van der Waals surface area contributed by atoms with E-state index in [1.807, 2.05) is 17.5 Å². The Bertz CT molecular complexity index is 974. The molecule has 1 aromatic carbocycles. The lowest BCUT2D eigenvalue weighted by atomic mass is 10.1. The predicted molar refractivity (Wildman–Crippen MR) is 97.3 cm³/mol. The average molecular weight is 376 g/mol. The van der Waals surface area contributed by atoms with E-state index in [0.29, 0.717) is 22.8 Å². The number of nitrogens with zero attached hydrogens (tertiary/aromatic N) is 2. The molecule has 3 aromatic rings. The highest BCUT2D eigenvalue weighted by atomic mass is 32.2. The topological polar surface area (TPSA) is 80.5 Å². The van der Waals surface area contributed by atoms with Gasteiger partial charge in [0.15, 0.2) is 5.78 Å². The second-order valence-electron chi connectivity index (χ2n) is 5.49. The lowest BCUT2D eigenvalue weighted by molar-refractivity contribution is 0.101. The second kappa shape index (κ2) is 6.81. The summed E-state index contributed by atoms with van der Waals surface area (Å²) in [5.74, 6) is 0.389. The van der Waals surface area contributed by atoms with Crippen LogP contribution < -0.4 is 4.31 Å². The predicted octanol–water partition coefficient (Wildman–Crippen LogP) is 3.57. The largest absolute Gasteiger partial charge is 0.443 e. The zero-order chi connectivity index (χ0) is 18.0. The number of rotatable bonds is 6. The van der Waals surface area contributed by atoms with Gasteiger partial charge in [-0.3, -0.25) is 9.10 Å². The first-order valence-electron chi connectivity index (χ1n) is 7.41. The van der Waals surface area contributed by atoms with Gasteiger partial charge in [0, 0.05) is 5.56 Å². The van der Waals surface area contributed by atoms with Gasteiger partial charge in [-0.2, -0.15) is 0 Å². The van der Waals surface area contributed by atoms with Crippen molar-refractivity contribution in [3.05, 3.63) is 59.3 Å². The second-order valence-corrected chi connectivity index (χ2v) is 8.35. The molecule has 0 aliphatic carbocycles. The van der Waals surface area contributed by atoms with Crippen molar-refractivity contribution in [1.29, 1.82) is 0 Å². The van der Waals surface area contributed by atoms with Crippen LogP contribution in [0.4, 0.5) is 5.69 Å². The summed E-state index contributed by atoms with van der Waals surface area (Å²) in [6, 6.07) is 10.2. The fourth-order valence-electron chi connectivity index (χ4n) is 2.30. The van der Waals surface area contributed by atoms with Gasteiger partial charge in [0.05, 0.1) is 23.4 Å². The van der Waals surface area contributed by atoms with Gasteiger partial charge >= 0.3 is 0 Å². The highest BCUT2D eigenvalue weighted by molar-refractivity contribution is 7.92. The SMILES string of the molecule is CC(=O)c1ccc(N(Cc2coc(-c3cccs3)n2)S(C)(=O)=O)cc1. The third-order valence-electron chi connectivity index (χ3n) is 3.55. The van der Waals surface area contributed by atoms with Gasteiger partial charge in [0.25, 0.3) is 0 Å². The van der Waals surface area contributed by atoms with Gasteiger partial charge < -0.3 is 4.42 Å². The van der Waals surface area contributed by atoms with E-state index in [1.165, 1.54) is 28.8 Å². The molecule has 0 amide bonds. The molecule has 25 heavy (non-hydrogen) atoms. The first-order valence-corrected chi connectivity index (χ1v) is 10.1. The molecular formula is C17H16N2O4S2. The quantitative estimate of drug-likeness (QED) is 0.614. The molecule has 0 bridgehead atoms. The normalized spacial score (nSPS) is 11.4. The molecule has 8 heteroatoms. The maximum absolute atomic E-state index is 12.2. The molecule has 3 rings (SSSR count). The summed E-state index contributed by atoms with van der Waals surface area (Å²) >= 11 is 1.49. The van der Waals surface area contributed by atoms with Gasteiger partial charge in [0.1, 0.15) is 12.0 Å². The third kappa shape index (κ3) is 3.97. The summed E-state index contributed by atoms with van der Waals surface area (Å²) in [5, 5.41) is 1.92. The smallest absolute Gasteiger partial charge is 0.236 e. The fraction of sp³-hybridized carbons (Fsp3) is 0.176. The van der Waals surface area contributed by atoms with Gasteiger partial charge in [-0.25, -0.2) is 13.4 Å². The zero-order valence-corrected chi connectivity index (χ0v) is 15.3. The van der Waals surface area contributed by atoms with Crippen LogP contribution in [0.3, 0.4) is 0 Å². The number of sulfonamides is 1. The van der Waals surface area contributed by atoms with Gasteiger partial charge in [0.2, 0.25) is 15.9 Å². The van der Waals surface area contributed by atoms with Gasteiger partial charge in [-0.05, 0) is 42.6 Å². The molecule has 0 spiro atoms. The highest BCUT2D eigenvalue weighted by Crippen LogP contribution is 2.26. The van der Waals surface area contributed by atoms with Crippen LogP contribution in [0.25, 0.3) is 10.8 Å². The molecule has 0 saturated heterocycles.